The third-order valence-electron chi connectivity index (χ3n) is 5.76. The first kappa shape index (κ1) is 12.0. The highest BCUT2D eigenvalue weighted by atomic mass is 14.9. The molecule has 2 bridgehead atoms. The van der Waals surface area contributed by atoms with E-state index in [1.165, 1.54) is 51.5 Å². The molecule has 4 unspecified atom stereocenters. The molecule has 98 valence electrons. The molecule has 0 aromatic heterocycles. The molecule has 1 N–H and O–H groups in total. The molecule has 3 saturated carbocycles. The maximum Gasteiger partial charge on any atom is 0.00722 e. The molecular formula is C16H29N. The van der Waals surface area contributed by atoms with Crippen molar-refractivity contribution in [1.82, 2.24) is 5.32 Å². The van der Waals surface area contributed by atoms with E-state index in [2.05, 4.69) is 19.2 Å². The summed E-state index contributed by atoms with van der Waals surface area (Å²) >= 11 is 0. The van der Waals surface area contributed by atoms with E-state index in [-0.39, 0.29) is 0 Å². The molecule has 0 spiro atoms. The molecule has 0 aromatic rings. The lowest BCUT2D eigenvalue weighted by atomic mass is 9.75. The average molecular weight is 235 g/mol. The quantitative estimate of drug-likeness (QED) is 0.780. The SMILES string of the molecule is CC1(C)CCCC(NCC2CC3CCC2C3)C1. The van der Waals surface area contributed by atoms with Gasteiger partial charge in [-0.15, -0.1) is 0 Å². The third kappa shape index (κ3) is 2.70. The lowest BCUT2D eigenvalue weighted by Crippen LogP contribution is -2.40. The minimum Gasteiger partial charge on any atom is -0.314 e. The zero-order valence-electron chi connectivity index (χ0n) is 11.7. The van der Waals surface area contributed by atoms with Crippen molar-refractivity contribution in [3.05, 3.63) is 0 Å². The highest BCUT2D eigenvalue weighted by Gasteiger charge is 2.39. The van der Waals surface area contributed by atoms with Crippen LogP contribution in [0.15, 0.2) is 0 Å². The Labute approximate surface area is 107 Å². The summed E-state index contributed by atoms with van der Waals surface area (Å²) in [5, 5.41) is 3.90. The van der Waals surface area contributed by atoms with Crippen molar-refractivity contribution >= 4 is 0 Å². The number of nitrogens with one attached hydrogen (secondary N) is 1. The first-order valence-corrected chi connectivity index (χ1v) is 7.86. The van der Waals surface area contributed by atoms with Gasteiger partial charge >= 0.3 is 0 Å². The van der Waals surface area contributed by atoms with Gasteiger partial charge in [-0.25, -0.2) is 0 Å². The Hall–Kier alpha value is -0.0400. The lowest BCUT2D eigenvalue weighted by Gasteiger charge is -2.36. The van der Waals surface area contributed by atoms with Gasteiger partial charge in [0.2, 0.25) is 0 Å². The second kappa shape index (κ2) is 4.57. The molecule has 3 rings (SSSR count). The van der Waals surface area contributed by atoms with Crippen molar-refractivity contribution in [2.24, 2.45) is 23.2 Å². The van der Waals surface area contributed by atoms with Gasteiger partial charge in [0, 0.05) is 6.04 Å². The predicted octanol–water partition coefficient (Wildman–Crippen LogP) is 3.98. The van der Waals surface area contributed by atoms with Gasteiger partial charge in [-0.2, -0.15) is 0 Å². The Kier molecular flexibility index (Phi) is 3.23. The van der Waals surface area contributed by atoms with Gasteiger partial charge in [0.1, 0.15) is 0 Å². The average Bonchev–Trinajstić information content (AvgIpc) is 2.86. The van der Waals surface area contributed by atoms with Gasteiger partial charge in [0.25, 0.3) is 0 Å². The molecule has 3 aliphatic carbocycles. The number of fused-ring (bicyclic) bond motifs is 2. The van der Waals surface area contributed by atoms with Gasteiger partial charge in [-0.3, -0.25) is 0 Å². The Bertz CT molecular complexity index is 271. The summed E-state index contributed by atoms with van der Waals surface area (Å²) < 4.78 is 0. The van der Waals surface area contributed by atoms with E-state index in [9.17, 15) is 0 Å². The summed E-state index contributed by atoms with van der Waals surface area (Å²) in [6, 6.07) is 0.817. The van der Waals surface area contributed by atoms with Crippen LogP contribution in [0.2, 0.25) is 0 Å². The van der Waals surface area contributed by atoms with Gasteiger partial charge in [0.15, 0.2) is 0 Å². The summed E-state index contributed by atoms with van der Waals surface area (Å²) in [6.45, 7) is 6.21. The van der Waals surface area contributed by atoms with Crippen LogP contribution >= 0.6 is 0 Å². The maximum absolute atomic E-state index is 3.90. The topological polar surface area (TPSA) is 12.0 Å². The van der Waals surface area contributed by atoms with E-state index >= 15 is 0 Å². The zero-order valence-corrected chi connectivity index (χ0v) is 11.7. The number of rotatable bonds is 3. The van der Waals surface area contributed by atoms with Crippen LogP contribution < -0.4 is 5.32 Å². The molecule has 4 atom stereocenters. The smallest absolute Gasteiger partial charge is 0.00722 e. The van der Waals surface area contributed by atoms with Crippen LogP contribution in [0.5, 0.6) is 0 Å². The largest absolute Gasteiger partial charge is 0.314 e. The first-order chi connectivity index (χ1) is 8.12. The highest BCUT2D eigenvalue weighted by Crippen LogP contribution is 2.48. The fraction of sp³-hybridized carbons (Fsp3) is 1.00. The van der Waals surface area contributed by atoms with E-state index in [1.807, 2.05) is 0 Å². The van der Waals surface area contributed by atoms with E-state index in [0.29, 0.717) is 5.41 Å². The molecule has 1 heteroatoms. The van der Waals surface area contributed by atoms with Gasteiger partial charge in [-0.1, -0.05) is 26.7 Å². The van der Waals surface area contributed by atoms with Crippen LogP contribution in [0.1, 0.15) is 65.2 Å². The highest BCUT2D eigenvalue weighted by molar-refractivity contribution is 4.92. The van der Waals surface area contributed by atoms with Gasteiger partial charge in [0.05, 0.1) is 0 Å². The van der Waals surface area contributed by atoms with E-state index in [4.69, 9.17) is 0 Å². The standard InChI is InChI=1S/C16H29N/c1-16(2)7-3-4-15(10-16)17-11-14-9-12-5-6-13(14)8-12/h12-15,17H,3-11H2,1-2H3. The molecule has 0 radical (unpaired) electrons. The van der Waals surface area contributed by atoms with Crippen LogP contribution in [0.25, 0.3) is 0 Å². The Morgan fingerprint density at radius 3 is 2.65 bits per heavy atom. The molecule has 1 nitrogen and oxygen atoms in total. The van der Waals surface area contributed by atoms with Gasteiger partial charge in [-0.05, 0) is 68.2 Å². The minimum absolute atomic E-state index is 0.588. The second-order valence-electron chi connectivity index (χ2n) is 7.80. The maximum atomic E-state index is 3.90. The molecule has 0 saturated heterocycles. The van der Waals surface area contributed by atoms with Crippen molar-refractivity contribution in [2.45, 2.75) is 71.3 Å². The van der Waals surface area contributed by atoms with Crippen LogP contribution in [-0.4, -0.2) is 12.6 Å². The van der Waals surface area contributed by atoms with E-state index in [0.717, 1.165) is 23.8 Å². The van der Waals surface area contributed by atoms with Crippen molar-refractivity contribution in [2.75, 3.05) is 6.54 Å². The fourth-order valence-electron chi connectivity index (χ4n) is 4.82. The number of hydrogen-bond donors (Lipinski definition) is 1. The summed E-state index contributed by atoms with van der Waals surface area (Å²) in [4.78, 5) is 0. The number of hydrogen-bond acceptors (Lipinski definition) is 1. The lowest BCUT2D eigenvalue weighted by molar-refractivity contribution is 0.188. The summed E-state index contributed by atoms with van der Waals surface area (Å²) in [7, 11) is 0. The zero-order chi connectivity index (χ0) is 11.9. The van der Waals surface area contributed by atoms with Crippen molar-refractivity contribution < 1.29 is 0 Å². The third-order valence-corrected chi connectivity index (χ3v) is 5.76. The Morgan fingerprint density at radius 2 is 2.00 bits per heavy atom. The Morgan fingerprint density at radius 1 is 1.12 bits per heavy atom. The molecule has 17 heavy (non-hydrogen) atoms. The van der Waals surface area contributed by atoms with Crippen molar-refractivity contribution in [3.8, 4) is 0 Å². The van der Waals surface area contributed by atoms with Crippen LogP contribution in [0, 0.1) is 23.2 Å². The molecule has 0 heterocycles. The molecular weight excluding hydrogens is 206 g/mol. The van der Waals surface area contributed by atoms with Gasteiger partial charge < -0.3 is 5.32 Å². The monoisotopic (exact) mass is 235 g/mol. The second-order valence-corrected chi connectivity index (χ2v) is 7.80. The summed E-state index contributed by atoms with van der Waals surface area (Å²) in [5.74, 6) is 3.22. The summed E-state index contributed by atoms with van der Waals surface area (Å²) in [6.07, 6.45) is 11.8. The first-order valence-electron chi connectivity index (χ1n) is 7.86. The normalized spacial score (nSPS) is 44.1. The summed E-state index contributed by atoms with van der Waals surface area (Å²) in [5.41, 5.74) is 0.588. The molecule has 0 amide bonds. The molecule has 0 aromatic carbocycles. The van der Waals surface area contributed by atoms with Crippen LogP contribution in [0.4, 0.5) is 0 Å². The molecule has 0 aliphatic heterocycles. The van der Waals surface area contributed by atoms with E-state index < -0.39 is 0 Å². The molecule has 3 fully saturated rings. The predicted molar refractivity (Wildman–Crippen MR) is 73.0 cm³/mol. The van der Waals surface area contributed by atoms with Crippen LogP contribution in [0.3, 0.4) is 0 Å². The Balaban J connectivity index is 1.45. The van der Waals surface area contributed by atoms with Crippen molar-refractivity contribution in [1.29, 1.82) is 0 Å². The van der Waals surface area contributed by atoms with Crippen LogP contribution in [-0.2, 0) is 0 Å². The minimum atomic E-state index is 0.588. The molecule has 3 aliphatic rings. The van der Waals surface area contributed by atoms with Crippen molar-refractivity contribution in [3.63, 3.8) is 0 Å². The van der Waals surface area contributed by atoms with E-state index in [1.54, 1.807) is 6.42 Å². The fourth-order valence-corrected chi connectivity index (χ4v) is 4.82.